The van der Waals surface area contributed by atoms with Gasteiger partial charge in [-0.25, -0.2) is 9.97 Å². The van der Waals surface area contributed by atoms with Crippen LogP contribution >= 0.6 is 11.3 Å². The minimum atomic E-state index is -0.448. The highest BCUT2D eigenvalue weighted by atomic mass is 32.1. The molecule has 1 saturated heterocycles. The summed E-state index contributed by atoms with van der Waals surface area (Å²) < 4.78 is 0. The molecule has 1 saturated carbocycles. The molecule has 6 heteroatoms. The van der Waals surface area contributed by atoms with Crippen LogP contribution in [-0.2, 0) is 0 Å². The zero-order chi connectivity index (χ0) is 15.7. The van der Waals surface area contributed by atoms with Gasteiger partial charge in [0.1, 0.15) is 17.0 Å². The van der Waals surface area contributed by atoms with Crippen molar-refractivity contribution in [2.75, 3.05) is 37.6 Å². The molecule has 2 aromatic rings. The lowest BCUT2D eigenvalue weighted by Crippen LogP contribution is -2.52. The number of aromatic nitrogens is 2. The summed E-state index contributed by atoms with van der Waals surface area (Å²) in [6.07, 6.45) is 7.23. The molecule has 0 amide bonds. The number of hydrogen-bond donors (Lipinski definition) is 1. The first-order valence-corrected chi connectivity index (χ1v) is 9.49. The Morgan fingerprint density at radius 1 is 1.09 bits per heavy atom. The second kappa shape index (κ2) is 6.34. The molecule has 3 heterocycles. The van der Waals surface area contributed by atoms with E-state index in [1.54, 1.807) is 17.7 Å². The molecule has 4 rings (SSSR count). The SMILES string of the molecule is OC1(CN2CCN(c3ncnc4sccc34)CC2)CCCCC1. The number of thiophene rings is 1. The molecule has 0 spiro atoms. The van der Waals surface area contributed by atoms with Crippen molar-refractivity contribution in [3.05, 3.63) is 17.8 Å². The van der Waals surface area contributed by atoms with Crippen LogP contribution in [0, 0.1) is 0 Å². The fraction of sp³-hybridized carbons (Fsp3) is 0.647. The molecule has 2 fully saturated rings. The van der Waals surface area contributed by atoms with Crippen molar-refractivity contribution < 1.29 is 5.11 Å². The molecule has 124 valence electrons. The first kappa shape index (κ1) is 15.3. The Labute approximate surface area is 141 Å². The van der Waals surface area contributed by atoms with E-state index in [1.807, 2.05) is 0 Å². The minimum Gasteiger partial charge on any atom is -0.389 e. The Morgan fingerprint density at radius 3 is 2.65 bits per heavy atom. The Morgan fingerprint density at radius 2 is 1.87 bits per heavy atom. The highest BCUT2D eigenvalue weighted by Gasteiger charge is 2.32. The normalized spacial score (nSPS) is 22.6. The second-order valence-corrected chi connectivity index (χ2v) is 7.78. The molecule has 5 nitrogen and oxygen atoms in total. The van der Waals surface area contributed by atoms with Crippen LogP contribution in [0.25, 0.3) is 10.2 Å². The zero-order valence-corrected chi connectivity index (χ0v) is 14.3. The van der Waals surface area contributed by atoms with Crippen LogP contribution in [0.3, 0.4) is 0 Å². The fourth-order valence-electron chi connectivity index (χ4n) is 3.93. The maximum absolute atomic E-state index is 10.7. The molecule has 0 bridgehead atoms. The largest absolute Gasteiger partial charge is 0.389 e. The highest BCUT2D eigenvalue weighted by Crippen LogP contribution is 2.30. The fourth-order valence-corrected chi connectivity index (χ4v) is 4.66. The highest BCUT2D eigenvalue weighted by molar-refractivity contribution is 7.16. The van der Waals surface area contributed by atoms with E-state index in [9.17, 15) is 5.11 Å². The van der Waals surface area contributed by atoms with E-state index in [4.69, 9.17) is 0 Å². The van der Waals surface area contributed by atoms with Crippen LogP contribution < -0.4 is 4.90 Å². The van der Waals surface area contributed by atoms with Crippen LogP contribution in [0.5, 0.6) is 0 Å². The predicted octanol–water partition coefficient (Wildman–Crippen LogP) is 2.51. The topological polar surface area (TPSA) is 52.5 Å². The predicted molar refractivity (Wildman–Crippen MR) is 94.1 cm³/mol. The number of hydrogen-bond acceptors (Lipinski definition) is 6. The number of fused-ring (bicyclic) bond motifs is 1. The van der Waals surface area contributed by atoms with Crippen molar-refractivity contribution in [2.24, 2.45) is 0 Å². The standard InChI is InChI=1S/C17H24N4OS/c22-17(5-2-1-3-6-17)12-20-7-9-21(10-8-20)15-14-4-11-23-16(14)19-13-18-15/h4,11,13,22H,1-3,5-10,12H2. The molecule has 0 aromatic carbocycles. The van der Waals surface area contributed by atoms with Crippen LogP contribution in [-0.4, -0.2) is 58.3 Å². The van der Waals surface area contributed by atoms with Gasteiger partial charge in [0.2, 0.25) is 0 Å². The summed E-state index contributed by atoms with van der Waals surface area (Å²) in [6.45, 7) is 4.77. The number of rotatable bonds is 3. The van der Waals surface area contributed by atoms with Crippen LogP contribution in [0.2, 0.25) is 0 Å². The molecule has 0 unspecified atom stereocenters. The van der Waals surface area contributed by atoms with E-state index in [1.165, 1.54) is 19.3 Å². The average molecular weight is 332 g/mol. The minimum absolute atomic E-state index is 0.448. The van der Waals surface area contributed by atoms with Gasteiger partial charge in [-0.15, -0.1) is 11.3 Å². The van der Waals surface area contributed by atoms with E-state index in [0.29, 0.717) is 0 Å². The summed E-state index contributed by atoms with van der Waals surface area (Å²) in [4.78, 5) is 14.7. The first-order chi connectivity index (χ1) is 11.2. The molecular formula is C17H24N4OS. The van der Waals surface area contributed by atoms with Crippen molar-refractivity contribution in [1.29, 1.82) is 0 Å². The van der Waals surface area contributed by atoms with Gasteiger partial charge in [0.25, 0.3) is 0 Å². The molecule has 1 N–H and O–H groups in total. The maximum atomic E-state index is 10.7. The molecule has 0 atom stereocenters. The van der Waals surface area contributed by atoms with E-state index < -0.39 is 5.60 Å². The van der Waals surface area contributed by atoms with E-state index in [2.05, 4.69) is 31.2 Å². The smallest absolute Gasteiger partial charge is 0.140 e. The quantitative estimate of drug-likeness (QED) is 0.936. The summed E-state index contributed by atoms with van der Waals surface area (Å²) in [5, 5.41) is 14.0. The average Bonchev–Trinajstić information content (AvgIpc) is 3.04. The Hall–Kier alpha value is -1.24. The van der Waals surface area contributed by atoms with Crippen LogP contribution in [0.1, 0.15) is 32.1 Å². The van der Waals surface area contributed by atoms with Crippen LogP contribution in [0.4, 0.5) is 5.82 Å². The number of β-amino-alcohol motifs (C(OH)–C–C–N with tert-alkyl or cyclic N) is 1. The van der Waals surface area contributed by atoms with E-state index in [0.717, 1.165) is 61.6 Å². The van der Waals surface area contributed by atoms with Gasteiger partial charge >= 0.3 is 0 Å². The van der Waals surface area contributed by atoms with Gasteiger partial charge in [-0.1, -0.05) is 19.3 Å². The summed E-state index contributed by atoms with van der Waals surface area (Å²) >= 11 is 1.67. The van der Waals surface area contributed by atoms with Gasteiger partial charge in [-0.3, -0.25) is 4.90 Å². The van der Waals surface area contributed by atoms with Gasteiger partial charge in [-0.2, -0.15) is 0 Å². The third-order valence-electron chi connectivity index (χ3n) is 5.21. The number of piperazine rings is 1. The van der Waals surface area contributed by atoms with Crippen molar-refractivity contribution in [2.45, 2.75) is 37.7 Å². The first-order valence-electron chi connectivity index (χ1n) is 8.61. The Balaban J connectivity index is 1.40. The van der Waals surface area contributed by atoms with Crippen LogP contribution in [0.15, 0.2) is 17.8 Å². The molecular weight excluding hydrogens is 308 g/mol. The van der Waals surface area contributed by atoms with Gasteiger partial charge < -0.3 is 10.0 Å². The van der Waals surface area contributed by atoms with Gasteiger partial charge in [0.15, 0.2) is 0 Å². The van der Waals surface area contributed by atoms with Gasteiger partial charge in [0.05, 0.1) is 11.0 Å². The number of anilines is 1. The Bertz CT molecular complexity index is 659. The maximum Gasteiger partial charge on any atom is 0.140 e. The third-order valence-corrected chi connectivity index (χ3v) is 6.04. The lowest BCUT2D eigenvalue weighted by molar-refractivity contribution is -0.0271. The van der Waals surface area contributed by atoms with Gasteiger partial charge in [-0.05, 0) is 24.3 Å². The van der Waals surface area contributed by atoms with Gasteiger partial charge in [0, 0.05) is 32.7 Å². The summed E-state index contributed by atoms with van der Waals surface area (Å²) in [6, 6.07) is 2.12. The molecule has 2 aromatic heterocycles. The molecule has 23 heavy (non-hydrogen) atoms. The number of aliphatic hydroxyl groups is 1. The van der Waals surface area contributed by atoms with E-state index in [-0.39, 0.29) is 0 Å². The zero-order valence-electron chi connectivity index (χ0n) is 13.4. The van der Waals surface area contributed by atoms with Crippen molar-refractivity contribution in [3.8, 4) is 0 Å². The lowest BCUT2D eigenvalue weighted by atomic mass is 9.84. The molecule has 1 aliphatic heterocycles. The van der Waals surface area contributed by atoms with Crippen molar-refractivity contribution in [3.63, 3.8) is 0 Å². The third kappa shape index (κ3) is 3.20. The Kier molecular flexibility index (Phi) is 4.22. The summed E-state index contributed by atoms with van der Waals surface area (Å²) in [7, 11) is 0. The number of nitrogens with zero attached hydrogens (tertiary/aromatic N) is 4. The van der Waals surface area contributed by atoms with E-state index >= 15 is 0 Å². The summed E-state index contributed by atoms with van der Waals surface area (Å²) in [5.74, 6) is 1.06. The molecule has 1 aliphatic carbocycles. The second-order valence-electron chi connectivity index (χ2n) is 6.88. The molecule has 2 aliphatic rings. The molecule has 0 radical (unpaired) electrons. The summed E-state index contributed by atoms with van der Waals surface area (Å²) in [5.41, 5.74) is -0.448. The lowest BCUT2D eigenvalue weighted by Gasteiger charge is -2.41. The van der Waals surface area contributed by atoms with Crippen molar-refractivity contribution >= 4 is 27.4 Å². The monoisotopic (exact) mass is 332 g/mol. The van der Waals surface area contributed by atoms with Crippen molar-refractivity contribution in [1.82, 2.24) is 14.9 Å².